The van der Waals surface area contributed by atoms with Crippen molar-refractivity contribution in [3.8, 4) is 0 Å². The number of hydrogen-bond donors (Lipinski definition) is 0. The first-order valence-electron chi connectivity index (χ1n) is 7.77. The van der Waals surface area contributed by atoms with Crippen LogP contribution in [-0.2, 0) is 20.0 Å². The van der Waals surface area contributed by atoms with Gasteiger partial charge in [-0.25, -0.2) is 0 Å². The Balaban J connectivity index is 2.27. The number of esters is 1. The first kappa shape index (κ1) is 16.0. The summed E-state index contributed by atoms with van der Waals surface area (Å²) in [5.41, 5.74) is 0.539. The Hall–Kier alpha value is -1.39. The maximum absolute atomic E-state index is 11.9. The first-order chi connectivity index (χ1) is 10.1. The van der Waals surface area contributed by atoms with Crippen LogP contribution in [0.3, 0.4) is 0 Å². The summed E-state index contributed by atoms with van der Waals surface area (Å²) in [5, 5.41) is 1.98. The summed E-state index contributed by atoms with van der Waals surface area (Å²) in [7, 11) is 0. The second-order valence-corrected chi connectivity index (χ2v) is 5.54. The number of hydrogen-bond acceptors (Lipinski definition) is 4. The van der Waals surface area contributed by atoms with Gasteiger partial charge in [0.2, 0.25) is 0 Å². The molecule has 21 heavy (non-hydrogen) atoms. The lowest BCUT2D eigenvalue weighted by Crippen LogP contribution is -2.51. The predicted molar refractivity (Wildman–Crippen MR) is 81.5 cm³/mol. The molecule has 116 valence electrons. The summed E-state index contributed by atoms with van der Waals surface area (Å²) < 4.78 is 5.93. The SMILES string of the molecule is CCON1CC[C@@](OC(=O)CC)(c2ccccc2)[C@@H](C)C1. The molecular formula is C17H25NO3. The van der Waals surface area contributed by atoms with Crippen LogP contribution in [0.15, 0.2) is 30.3 Å². The van der Waals surface area contributed by atoms with Gasteiger partial charge in [-0.2, -0.15) is 5.06 Å². The first-order valence-corrected chi connectivity index (χ1v) is 7.77. The van der Waals surface area contributed by atoms with Crippen LogP contribution in [0.2, 0.25) is 0 Å². The molecule has 0 aliphatic carbocycles. The Bertz CT molecular complexity index is 462. The molecule has 1 fully saturated rings. The fourth-order valence-electron chi connectivity index (χ4n) is 3.02. The molecule has 1 aromatic rings. The van der Waals surface area contributed by atoms with Crippen molar-refractivity contribution in [1.29, 1.82) is 0 Å². The van der Waals surface area contributed by atoms with Gasteiger partial charge in [-0.1, -0.05) is 44.2 Å². The highest BCUT2D eigenvalue weighted by Gasteiger charge is 2.45. The monoisotopic (exact) mass is 291 g/mol. The molecule has 0 amide bonds. The minimum absolute atomic E-state index is 0.143. The van der Waals surface area contributed by atoms with Gasteiger partial charge in [-0.15, -0.1) is 0 Å². The van der Waals surface area contributed by atoms with Crippen molar-refractivity contribution in [3.05, 3.63) is 35.9 Å². The predicted octanol–water partition coefficient (Wildman–Crippen LogP) is 3.13. The zero-order chi connectivity index (χ0) is 15.3. The number of ether oxygens (including phenoxy) is 1. The van der Waals surface area contributed by atoms with Crippen molar-refractivity contribution >= 4 is 5.97 Å². The largest absolute Gasteiger partial charge is 0.454 e. The molecule has 0 saturated carbocycles. The molecule has 0 aromatic heterocycles. The number of nitrogens with zero attached hydrogens (tertiary/aromatic N) is 1. The van der Waals surface area contributed by atoms with E-state index in [-0.39, 0.29) is 11.9 Å². The fourth-order valence-corrected chi connectivity index (χ4v) is 3.02. The second kappa shape index (κ2) is 7.05. The van der Waals surface area contributed by atoms with E-state index in [2.05, 4.69) is 19.1 Å². The van der Waals surface area contributed by atoms with Crippen LogP contribution in [-0.4, -0.2) is 30.7 Å². The summed E-state index contributed by atoms with van der Waals surface area (Å²) in [6.07, 6.45) is 1.15. The average Bonchev–Trinajstić information content (AvgIpc) is 2.51. The van der Waals surface area contributed by atoms with Crippen LogP contribution in [0.5, 0.6) is 0 Å². The van der Waals surface area contributed by atoms with Crippen molar-refractivity contribution in [2.45, 2.75) is 39.2 Å². The summed E-state index contributed by atoms with van der Waals surface area (Å²) >= 11 is 0. The molecule has 0 bridgehead atoms. The third-order valence-corrected chi connectivity index (χ3v) is 4.16. The standard InChI is InChI=1S/C17H25NO3/c1-4-16(19)21-17(15-9-7-6-8-10-15)11-12-18(20-5-2)13-14(17)3/h6-10,14H,4-5,11-13H2,1-3H3/t14-,17-/m0/s1. The Labute approximate surface area is 127 Å². The van der Waals surface area contributed by atoms with E-state index in [1.807, 2.05) is 37.1 Å². The summed E-state index contributed by atoms with van der Waals surface area (Å²) in [4.78, 5) is 17.6. The normalized spacial score (nSPS) is 26.5. The van der Waals surface area contributed by atoms with E-state index in [0.717, 1.165) is 25.1 Å². The third-order valence-electron chi connectivity index (χ3n) is 4.16. The summed E-state index contributed by atoms with van der Waals surface area (Å²) in [5.74, 6) is 0.0336. The summed E-state index contributed by atoms with van der Waals surface area (Å²) in [6.45, 7) is 8.15. The highest BCUT2D eigenvalue weighted by Crippen LogP contribution is 2.41. The maximum Gasteiger partial charge on any atom is 0.306 e. The highest BCUT2D eigenvalue weighted by atomic mass is 16.7. The smallest absolute Gasteiger partial charge is 0.306 e. The number of piperidine rings is 1. The molecule has 1 aromatic carbocycles. The zero-order valence-corrected chi connectivity index (χ0v) is 13.2. The minimum Gasteiger partial charge on any atom is -0.454 e. The van der Waals surface area contributed by atoms with E-state index < -0.39 is 5.60 Å². The number of carbonyl (C=O) groups is 1. The molecule has 2 atom stereocenters. The summed E-state index contributed by atoms with van der Waals surface area (Å²) in [6, 6.07) is 10.1. The van der Waals surface area contributed by atoms with Crippen LogP contribution in [0.4, 0.5) is 0 Å². The highest BCUT2D eigenvalue weighted by molar-refractivity contribution is 5.69. The number of carbonyl (C=O) groups excluding carboxylic acids is 1. The van der Waals surface area contributed by atoms with Crippen molar-refractivity contribution in [3.63, 3.8) is 0 Å². The van der Waals surface area contributed by atoms with Crippen LogP contribution < -0.4 is 0 Å². The topological polar surface area (TPSA) is 38.8 Å². The molecule has 4 heteroatoms. The van der Waals surface area contributed by atoms with Crippen LogP contribution >= 0.6 is 0 Å². The molecule has 0 spiro atoms. The molecule has 1 saturated heterocycles. The number of rotatable bonds is 5. The molecule has 1 aliphatic rings. The molecular weight excluding hydrogens is 266 g/mol. The van der Waals surface area contributed by atoms with Gasteiger partial charge in [0.1, 0.15) is 5.60 Å². The Morgan fingerprint density at radius 1 is 1.33 bits per heavy atom. The van der Waals surface area contributed by atoms with E-state index in [1.54, 1.807) is 0 Å². The van der Waals surface area contributed by atoms with Gasteiger partial charge >= 0.3 is 5.97 Å². The maximum atomic E-state index is 11.9. The van der Waals surface area contributed by atoms with Crippen LogP contribution in [0.1, 0.15) is 39.2 Å². The van der Waals surface area contributed by atoms with E-state index in [0.29, 0.717) is 13.0 Å². The molecule has 4 nitrogen and oxygen atoms in total. The van der Waals surface area contributed by atoms with Gasteiger partial charge in [-0.05, 0) is 12.5 Å². The average molecular weight is 291 g/mol. The minimum atomic E-state index is -0.540. The molecule has 0 unspecified atom stereocenters. The molecule has 0 N–H and O–H groups in total. The number of hydroxylamine groups is 2. The van der Waals surface area contributed by atoms with Crippen molar-refractivity contribution in [2.24, 2.45) is 5.92 Å². The van der Waals surface area contributed by atoms with Gasteiger partial charge in [0.05, 0.1) is 6.61 Å². The second-order valence-electron chi connectivity index (χ2n) is 5.54. The van der Waals surface area contributed by atoms with E-state index in [4.69, 9.17) is 9.57 Å². The van der Waals surface area contributed by atoms with Crippen LogP contribution in [0.25, 0.3) is 0 Å². The Morgan fingerprint density at radius 3 is 2.62 bits per heavy atom. The molecule has 1 heterocycles. The van der Waals surface area contributed by atoms with Gasteiger partial charge < -0.3 is 4.74 Å². The quantitative estimate of drug-likeness (QED) is 0.781. The molecule has 1 aliphatic heterocycles. The molecule has 2 rings (SSSR count). The van der Waals surface area contributed by atoms with Crippen molar-refractivity contribution in [2.75, 3.05) is 19.7 Å². The van der Waals surface area contributed by atoms with Gasteiger partial charge in [0, 0.05) is 31.8 Å². The van der Waals surface area contributed by atoms with Gasteiger partial charge in [0.15, 0.2) is 0 Å². The lowest BCUT2D eigenvalue weighted by atomic mass is 9.77. The van der Waals surface area contributed by atoms with E-state index >= 15 is 0 Å². The van der Waals surface area contributed by atoms with E-state index in [9.17, 15) is 4.79 Å². The fraction of sp³-hybridized carbons (Fsp3) is 0.588. The lowest BCUT2D eigenvalue weighted by molar-refractivity contribution is -0.222. The van der Waals surface area contributed by atoms with Crippen molar-refractivity contribution < 1.29 is 14.4 Å². The van der Waals surface area contributed by atoms with Crippen molar-refractivity contribution in [1.82, 2.24) is 5.06 Å². The third kappa shape index (κ3) is 3.44. The van der Waals surface area contributed by atoms with Gasteiger partial charge in [0.25, 0.3) is 0 Å². The Morgan fingerprint density at radius 2 is 2.05 bits per heavy atom. The van der Waals surface area contributed by atoms with Crippen LogP contribution in [0, 0.1) is 5.92 Å². The Kier molecular flexibility index (Phi) is 5.37. The lowest BCUT2D eigenvalue weighted by Gasteiger charge is -2.45. The zero-order valence-electron chi connectivity index (χ0n) is 13.2. The molecule has 0 radical (unpaired) electrons. The van der Waals surface area contributed by atoms with Gasteiger partial charge in [-0.3, -0.25) is 9.63 Å². The number of benzene rings is 1. The van der Waals surface area contributed by atoms with E-state index in [1.165, 1.54) is 0 Å².